The average Bonchev–Trinajstić information content (AvgIpc) is 2.80. The molecule has 0 saturated carbocycles. The summed E-state index contributed by atoms with van der Waals surface area (Å²) in [4.78, 5) is 42.8. The van der Waals surface area contributed by atoms with Crippen LogP contribution < -0.4 is 20.9 Å². The van der Waals surface area contributed by atoms with E-state index in [1.807, 2.05) is 0 Å². The van der Waals surface area contributed by atoms with Crippen LogP contribution in [0.4, 0.5) is 20.2 Å². The van der Waals surface area contributed by atoms with Crippen LogP contribution in [0.25, 0.3) is 0 Å². The minimum absolute atomic E-state index is 0.0540. The van der Waals surface area contributed by atoms with E-state index in [0.717, 1.165) is 12.3 Å². The molecule has 3 rings (SSSR count). The van der Waals surface area contributed by atoms with Crippen LogP contribution in [0.2, 0.25) is 0 Å². The van der Waals surface area contributed by atoms with Gasteiger partial charge in [0.05, 0.1) is 17.6 Å². The molecule has 0 fully saturated rings. The molecule has 30 heavy (non-hydrogen) atoms. The highest BCUT2D eigenvalue weighted by Gasteiger charge is 2.35. The number of rotatable bonds is 4. The van der Waals surface area contributed by atoms with E-state index in [1.54, 1.807) is 0 Å². The van der Waals surface area contributed by atoms with Crippen LogP contribution in [-0.2, 0) is 9.59 Å². The molecule has 0 bridgehead atoms. The molecule has 0 radical (unpaired) electrons. The van der Waals surface area contributed by atoms with E-state index >= 15 is 0 Å². The Bertz CT molecular complexity index is 994. The predicted octanol–water partition coefficient (Wildman–Crippen LogP) is 1.44. The number of aromatic nitrogens is 1. The zero-order valence-electron chi connectivity index (χ0n) is 16.6. The van der Waals surface area contributed by atoms with E-state index in [0.29, 0.717) is 11.4 Å². The Hall–Kier alpha value is -3.56. The fraction of sp³-hybridized carbons (Fsp3) is 0.300. The van der Waals surface area contributed by atoms with Crippen LogP contribution in [0.15, 0.2) is 36.5 Å². The molecule has 3 amide bonds. The number of pyridine rings is 1. The Morgan fingerprint density at radius 3 is 2.57 bits per heavy atom. The molecule has 1 aromatic carbocycles. The van der Waals surface area contributed by atoms with Crippen molar-refractivity contribution in [2.24, 2.45) is 0 Å². The summed E-state index contributed by atoms with van der Waals surface area (Å²) < 4.78 is 26.6. The number of amides is 3. The van der Waals surface area contributed by atoms with Gasteiger partial charge in [0.1, 0.15) is 28.9 Å². The molecule has 8 nitrogen and oxygen atoms in total. The van der Waals surface area contributed by atoms with Gasteiger partial charge in [-0.1, -0.05) is 0 Å². The van der Waals surface area contributed by atoms with Crippen LogP contribution in [0.3, 0.4) is 0 Å². The molecule has 3 N–H and O–H groups in total. The van der Waals surface area contributed by atoms with Crippen LogP contribution in [0, 0.1) is 11.6 Å². The highest BCUT2D eigenvalue weighted by atomic mass is 19.1. The maximum absolute atomic E-state index is 13.6. The molecule has 0 unspecified atom stereocenters. The van der Waals surface area contributed by atoms with Gasteiger partial charge in [-0.2, -0.15) is 0 Å². The Balaban J connectivity index is 1.70. The maximum atomic E-state index is 13.6. The second-order valence-corrected chi connectivity index (χ2v) is 7.41. The third kappa shape index (κ3) is 4.37. The van der Waals surface area contributed by atoms with Crippen molar-refractivity contribution in [1.82, 2.24) is 15.6 Å². The SMILES string of the molecule is CN1C(=O)[C@H](NC(=O)C(C)(C)NC(=O)c2ccc(F)cn2)CNc2ccc(F)cc21. The fourth-order valence-electron chi connectivity index (χ4n) is 2.95. The van der Waals surface area contributed by atoms with Gasteiger partial charge in [-0.05, 0) is 44.2 Å². The lowest BCUT2D eigenvalue weighted by Crippen LogP contribution is -2.60. The summed E-state index contributed by atoms with van der Waals surface area (Å²) in [6, 6.07) is 5.34. The lowest BCUT2D eigenvalue weighted by atomic mass is 10.0. The third-order valence-corrected chi connectivity index (χ3v) is 4.71. The summed E-state index contributed by atoms with van der Waals surface area (Å²) in [7, 11) is 1.49. The number of fused-ring (bicyclic) bond motifs is 1. The molecular formula is C20H21F2N5O3. The highest BCUT2D eigenvalue weighted by Crippen LogP contribution is 2.28. The smallest absolute Gasteiger partial charge is 0.270 e. The molecule has 2 heterocycles. The molecule has 2 aromatic rings. The first-order valence-electron chi connectivity index (χ1n) is 9.14. The Kier molecular flexibility index (Phi) is 5.68. The second kappa shape index (κ2) is 8.05. The van der Waals surface area contributed by atoms with Crippen molar-refractivity contribution in [2.75, 3.05) is 23.8 Å². The minimum Gasteiger partial charge on any atom is -0.381 e. The standard InChI is InChI=1S/C20H21F2N5O3/c1-20(2,26-17(28)14-7-5-12(22)9-23-14)19(30)25-15-10-24-13-6-4-11(21)8-16(13)27(3)18(15)29/h4-9,15,24H,10H2,1-3H3,(H,25,30)(H,26,28)/t15-/m1/s1. The largest absolute Gasteiger partial charge is 0.381 e. The molecular weight excluding hydrogens is 396 g/mol. The normalized spacial score (nSPS) is 16.2. The number of hydrogen-bond acceptors (Lipinski definition) is 5. The van der Waals surface area contributed by atoms with Crippen molar-refractivity contribution in [3.63, 3.8) is 0 Å². The average molecular weight is 417 g/mol. The van der Waals surface area contributed by atoms with Gasteiger partial charge in [-0.3, -0.25) is 14.4 Å². The summed E-state index contributed by atoms with van der Waals surface area (Å²) in [6.07, 6.45) is 0.897. The zero-order chi connectivity index (χ0) is 22.1. The van der Waals surface area contributed by atoms with Gasteiger partial charge in [0.15, 0.2) is 0 Å². The molecule has 0 spiro atoms. The lowest BCUT2D eigenvalue weighted by Gasteiger charge is -2.28. The molecule has 10 heteroatoms. The number of likely N-dealkylation sites (N-methyl/N-ethyl adjacent to an activating group) is 1. The van der Waals surface area contributed by atoms with Gasteiger partial charge < -0.3 is 20.9 Å². The predicted molar refractivity (Wildman–Crippen MR) is 106 cm³/mol. The first-order valence-corrected chi connectivity index (χ1v) is 9.14. The first-order chi connectivity index (χ1) is 14.1. The Morgan fingerprint density at radius 2 is 1.90 bits per heavy atom. The number of benzene rings is 1. The number of halogens is 2. The van der Waals surface area contributed by atoms with E-state index in [9.17, 15) is 23.2 Å². The fourth-order valence-corrected chi connectivity index (χ4v) is 2.95. The van der Waals surface area contributed by atoms with E-state index in [1.165, 1.54) is 50.1 Å². The molecule has 1 aliphatic rings. The topological polar surface area (TPSA) is 103 Å². The number of nitrogens with one attached hydrogen (secondary N) is 3. The van der Waals surface area contributed by atoms with Crippen molar-refractivity contribution < 1.29 is 23.2 Å². The number of anilines is 2. The van der Waals surface area contributed by atoms with Crippen LogP contribution >= 0.6 is 0 Å². The lowest BCUT2D eigenvalue weighted by molar-refractivity contribution is -0.130. The van der Waals surface area contributed by atoms with Crippen molar-refractivity contribution in [3.8, 4) is 0 Å². The van der Waals surface area contributed by atoms with E-state index in [4.69, 9.17) is 0 Å². The second-order valence-electron chi connectivity index (χ2n) is 7.41. The summed E-state index contributed by atoms with van der Waals surface area (Å²) in [6.45, 7) is 3.01. The van der Waals surface area contributed by atoms with Gasteiger partial charge in [-0.25, -0.2) is 13.8 Å². The van der Waals surface area contributed by atoms with Crippen molar-refractivity contribution in [3.05, 3.63) is 53.9 Å². The maximum Gasteiger partial charge on any atom is 0.270 e. The van der Waals surface area contributed by atoms with Crippen LogP contribution in [0.5, 0.6) is 0 Å². The molecule has 1 aromatic heterocycles. The quantitative estimate of drug-likeness (QED) is 0.699. The molecule has 0 saturated heterocycles. The van der Waals surface area contributed by atoms with Gasteiger partial charge in [-0.15, -0.1) is 0 Å². The van der Waals surface area contributed by atoms with Crippen LogP contribution in [-0.4, -0.2) is 47.9 Å². The summed E-state index contributed by atoms with van der Waals surface area (Å²) in [5.74, 6) is -2.80. The number of carbonyl (C=O) groups is 3. The molecule has 1 atom stereocenters. The summed E-state index contributed by atoms with van der Waals surface area (Å²) >= 11 is 0. The molecule has 158 valence electrons. The van der Waals surface area contributed by atoms with E-state index in [-0.39, 0.29) is 12.2 Å². The molecule has 1 aliphatic heterocycles. The van der Waals surface area contributed by atoms with Crippen molar-refractivity contribution in [1.29, 1.82) is 0 Å². The summed E-state index contributed by atoms with van der Waals surface area (Å²) in [5, 5.41) is 8.15. The number of carbonyl (C=O) groups excluding carboxylic acids is 3. The van der Waals surface area contributed by atoms with Gasteiger partial charge >= 0.3 is 0 Å². The van der Waals surface area contributed by atoms with Crippen LogP contribution in [0.1, 0.15) is 24.3 Å². The number of hydrogen-bond donors (Lipinski definition) is 3. The highest BCUT2D eigenvalue weighted by molar-refractivity contribution is 6.04. The van der Waals surface area contributed by atoms with Crippen molar-refractivity contribution >= 4 is 29.1 Å². The third-order valence-electron chi connectivity index (χ3n) is 4.71. The van der Waals surface area contributed by atoms with E-state index in [2.05, 4.69) is 20.9 Å². The van der Waals surface area contributed by atoms with Gasteiger partial charge in [0.2, 0.25) is 5.91 Å². The Morgan fingerprint density at radius 1 is 1.20 bits per heavy atom. The monoisotopic (exact) mass is 417 g/mol. The molecule has 0 aliphatic carbocycles. The first kappa shape index (κ1) is 21.2. The zero-order valence-corrected chi connectivity index (χ0v) is 16.6. The van der Waals surface area contributed by atoms with Gasteiger partial charge in [0, 0.05) is 13.6 Å². The Labute approximate surface area is 171 Å². The summed E-state index contributed by atoms with van der Waals surface area (Å²) in [5.41, 5.74) is -0.538. The van der Waals surface area contributed by atoms with E-state index < -0.39 is 40.9 Å². The number of nitrogens with zero attached hydrogens (tertiary/aromatic N) is 2. The van der Waals surface area contributed by atoms with Gasteiger partial charge in [0.25, 0.3) is 11.8 Å². The van der Waals surface area contributed by atoms with Crippen molar-refractivity contribution in [2.45, 2.75) is 25.4 Å². The minimum atomic E-state index is -1.39.